The molecule has 148 valence electrons. The monoisotopic (exact) mass is 421 g/mol. The van der Waals surface area contributed by atoms with Gasteiger partial charge in [0.15, 0.2) is 5.58 Å². The van der Waals surface area contributed by atoms with Gasteiger partial charge in [-0.2, -0.15) is 4.98 Å². The van der Waals surface area contributed by atoms with Crippen molar-refractivity contribution in [3.8, 4) is 0 Å². The molecule has 1 aliphatic heterocycles. The summed E-state index contributed by atoms with van der Waals surface area (Å²) in [4.78, 5) is 18.3. The summed E-state index contributed by atoms with van der Waals surface area (Å²) in [6, 6.07) is 9.32. The zero-order valence-corrected chi connectivity index (χ0v) is 16.8. The van der Waals surface area contributed by atoms with E-state index >= 15 is 0 Å². The van der Waals surface area contributed by atoms with Gasteiger partial charge in [0.25, 0.3) is 6.01 Å². The third-order valence-electron chi connectivity index (χ3n) is 4.70. The Bertz CT molecular complexity index is 1070. The molecule has 0 bridgehead atoms. The number of hydrogen-bond acceptors (Lipinski definition) is 8. The highest BCUT2D eigenvalue weighted by Gasteiger charge is 2.31. The second kappa shape index (κ2) is 7.53. The summed E-state index contributed by atoms with van der Waals surface area (Å²) in [6.07, 6.45) is 1.73. The van der Waals surface area contributed by atoms with Gasteiger partial charge < -0.3 is 14.1 Å². The number of sulfonamides is 1. The molecule has 3 aromatic rings. The summed E-state index contributed by atoms with van der Waals surface area (Å²) >= 11 is 1.04. The lowest BCUT2D eigenvalue weighted by Gasteiger charge is -2.23. The van der Waals surface area contributed by atoms with Crippen LogP contribution in [0, 0.1) is 0 Å². The van der Waals surface area contributed by atoms with E-state index in [9.17, 15) is 13.2 Å². The first-order valence-corrected chi connectivity index (χ1v) is 11.1. The van der Waals surface area contributed by atoms with E-state index in [0.29, 0.717) is 11.6 Å². The van der Waals surface area contributed by atoms with Gasteiger partial charge in [-0.1, -0.05) is 12.1 Å². The van der Waals surface area contributed by atoms with Crippen LogP contribution in [0.3, 0.4) is 0 Å². The van der Waals surface area contributed by atoms with Crippen LogP contribution in [0.4, 0.5) is 6.01 Å². The molecule has 1 unspecified atom stereocenters. The molecule has 2 aromatic heterocycles. The Morgan fingerprint density at radius 3 is 3.00 bits per heavy atom. The lowest BCUT2D eigenvalue weighted by atomic mass is 10.2. The molecule has 1 N–H and O–H groups in total. The van der Waals surface area contributed by atoms with Crippen LogP contribution in [-0.4, -0.2) is 45.6 Å². The van der Waals surface area contributed by atoms with Gasteiger partial charge in [-0.15, -0.1) is 11.3 Å². The normalized spacial score (nSPS) is 17.3. The molecule has 1 aliphatic rings. The van der Waals surface area contributed by atoms with E-state index in [1.165, 1.54) is 13.2 Å². The third-order valence-corrected chi connectivity index (χ3v) is 7.19. The van der Waals surface area contributed by atoms with E-state index in [-0.39, 0.29) is 22.4 Å². The van der Waals surface area contributed by atoms with Crippen LogP contribution in [-0.2, 0) is 14.8 Å². The zero-order valence-electron chi connectivity index (χ0n) is 15.1. The Labute approximate surface area is 166 Å². The van der Waals surface area contributed by atoms with Gasteiger partial charge in [-0.25, -0.2) is 17.9 Å². The summed E-state index contributed by atoms with van der Waals surface area (Å²) in [6.45, 7) is 0.933. The number of nitrogens with zero attached hydrogens (tertiary/aromatic N) is 2. The summed E-state index contributed by atoms with van der Waals surface area (Å²) < 4.78 is 38.5. The second-order valence-corrected chi connectivity index (χ2v) is 9.06. The number of methoxy groups -OCH3 is 1. The number of ether oxygens (including phenoxy) is 1. The Hall–Kier alpha value is -2.43. The van der Waals surface area contributed by atoms with Crippen LogP contribution in [0.5, 0.6) is 0 Å². The van der Waals surface area contributed by atoms with Crippen molar-refractivity contribution in [3.63, 3.8) is 0 Å². The van der Waals surface area contributed by atoms with Gasteiger partial charge >= 0.3 is 5.97 Å². The van der Waals surface area contributed by atoms with Gasteiger partial charge in [0.05, 0.1) is 7.11 Å². The van der Waals surface area contributed by atoms with Gasteiger partial charge in [-0.05, 0) is 36.4 Å². The number of hydrogen-bond donors (Lipinski definition) is 1. The number of benzene rings is 1. The van der Waals surface area contributed by atoms with Crippen molar-refractivity contribution in [2.75, 3.05) is 25.1 Å². The van der Waals surface area contributed by atoms with Crippen molar-refractivity contribution >= 4 is 44.4 Å². The first kappa shape index (κ1) is 18.9. The van der Waals surface area contributed by atoms with Crippen molar-refractivity contribution in [2.24, 2.45) is 0 Å². The number of anilines is 1. The van der Waals surface area contributed by atoms with Gasteiger partial charge in [0.2, 0.25) is 10.0 Å². The van der Waals surface area contributed by atoms with Crippen molar-refractivity contribution < 1.29 is 22.4 Å². The average Bonchev–Trinajstić information content (AvgIpc) is 3.44. The number of fused-ring (bicyclic) bond motifs is 1. The molecule has 1 aromatic carbocycles. The summed E-state index contributed by atoms with van der Waals surface area (Å²) in [5.41, 5.74) is 1.47. The van der Waals surface area contributed by atoms with Crippen molar-refractivity contribution in [1.82, 2.24) is 9.71 Å². The molecule has 1 saturated heterocycles. The van der Waals surface area contributed by atoms with E-state index in [4.69, 9.17) is 4.42 Å². The standard InChI is InChI=1S/C18H19N3O5S2/c1-25-17(22)16-15(8-10-27-16)28(23,24)19-11-12-5-4-9-21(12)18-20-13-6-2-3-7-14(13)26-18/h2-3,6-8,10,12,19H,4-5,9,11H2,1H3. The number of para-hydroxylation sites is 2. The number of esters is 1. The predicted molar refractivity (Wildman–Crippen MR) is 105 cm³/mol. The Balaban J connectivity index is 1.51. The van der Waals surface area contributed by atoms with Crippen molar-refractivity contribution in [2.45, 2.75) is 23.8 Å². The number of carbonyl (C=O) groups is 1. The number of rotatable bonds is 6. The molecule has 1 fully saturated rings. The smallest absolute Gasteiger partial charge is 0.349 e. The number of aromatic nitrogens is 1. The Morgan fingerprint density at radius 1 is 1.39 bits per heavy atom. The summed E-state index contributed by atoms with van der Waals surface area (Å²) in [5, 5.41) is 1.56. The molecule has 4 rings (SSSR count). The average molecular weight is 422 g/mol. The maximum Gasteiger partial charge on any atom is 0.349 e. The fraction of sp³-hybridized carbons (Fsp3) is 0.333. The molecule has 28 heavy (non-hydrogen) atoms. The largest absolute Gasteiger partial charge is 0.465 e. The van der Waals surface area contributed by atoms with Gasteiger partial charge in [0.1, 0.15) is 15.3 Å². The molecule has 0 aliphatic carbocycles. The number of carbonyl (C=O) groups excluding carboxylic acids is 1. The van der Waals surface area contributed by atoms with Crippen LogP contribution in [0.1, 0.15) is 22.5 Å². The highest BCUT2D eigenvalue weighted by Crippen LogP contribution is 2.28. The van der Waals surface area contributed by atoms with Crippen molar-refractivity contribution in [3.05, 3.63) is 40.6 Å². The fourth-order valence-corrected chi connectivity index (χ4v) is 5.72. The lowest BCUT2D eigenvalue weighted by Crippen LogP contribution is -2.40. The molecule has 0 spiro atoms. The third kappa shape index (κ3) is 3.50. The lowest BCUT2D eigenvalue weighted by molar-refractivity contribution is 0.0602. The Morgan fingerprint density at radius 2 is 2.21 bits per heavy atom. The molecular formula is C18H19N3O5S2. The number of nitrogens with one attached hydrogen (secondary N) is 1. The van der Waals surface area contributed by atoms with Gasteiger partial charge in [-0.3, -0.25) is 0 Å². The topological polar surface area (TPSA) is 102 Å². The quantitative estimate of drug-likeness (QED) is 0.611. The Kier molecular flexibility index (Phi) is 5.09. The first-order valence-electron chi connectivity index (χ1n) is 8.77. The SMILES string of the molecule is COC(=O)c1sccc1S(=O)(=O)NCC1CCCN1c1nc2ccccc2o1. The molecule has 8 nitrogen and oxygen atoms in total. The van der Waals surface area contributed by atoms with E-state index in [0.717, 1.165) is 36.2 Å². The molecule has 10 heteroatoms. The van der Waals surface area contributed by atoms with E-state index < -0.39 is 16.0 Å². The van der Waals surface area contributed by atoms with E-state index in [1.54, 1.807) is 5.38 Å². The molecule has 1 atom stereocenters. The maximum absolute atomic E-state index is 12.7. The van der Waals surface area contributed by atoms with Crippen LogP contribution >= 0.6 is 11.3 Å². The maximum atomic E-state index is 12.7. The molecule has 3 heterocycles. The van der Waals surface area contributed by atoms with E-state index in [2.05, 4.69) is 14.4 Å². The summed E-state index contributed by atoms with van der Waals surface area (Å²) in [5.74, 6) is -0.663. The van der Waals surface area contributed by atoms with Crippen LogP contribution in [0.15, 0.2) is 45.0 Å². The second-order valence-electron chi connectivity index (χ2n) is 6.41. The van der Waals surface area contributed by atoms with Crippen LogP contribution in [0.25, 0.3) is 11.1 Å². The molecule has 0 saturated carbocycles. The minimum absolute atomic E-state index is 0.0595. The minimum Gasteiger partial charge on any atom is -0.465 e. The van der Waals surface area contributed by atoms with Crippen molar-refractivity contribution in [1.29, 1.82) is 0 Å². The van der Waals surface area contributed by atoms with Crippen LogP contribution in [0.2, 0.25) is 0 Å². The predicted octanol–water partition coefficient (Wildman–Crippen LogP) is 2.62. The summed E-state index contributed by atoms with van der Waals surface area (Å²) in [7, 11) is -2.61. The minimum atomic E-state index is -3.84. The first-order chi connectivity index (χ1) is 13.5. The number of thiophene rings is 1. The molecule has 0 amide bonds. The highest BCUT2D eigenvalue weighted by atomic mass is 32.2. The number of oxazole rings is 1. The fourth-order valence-electron chi connectivity index (χ4n) is 3.32. The molecule has 0 radical (unpaired) electrons. The highest BCUT2D eigenvalue weighted by molar-refractivity contribution is 7.89. The molecular weight excluding hydrogens is 402 g/mol. The van der Waals surface area contributed by atoms with Crippen LogP contribution < -0.4 is 9.62 Å². The van der Waals surface area contributed by atoms with Gasteiger partial charge in [0, 0.05) is 19.1 Å². The zero-order chi connectivity index (χ0) is 19.7. The van der Waals surface area contributed by atoms with E-state index in [1.807, 2.05) is 29.2 Å².